The number of carbonyl (C=O) groups is 1. The summed E-state index contributed by atoms with van der Waals surface area (Å²) in [4.78, 5) is 12.8. The monoisotopic (exact) mass is 307 g/mol. The molecule has 0 radical (unpaired) electrons. The van der Waals surface area contributed by atoms with Gasteiger partial charge in [0.05, 0.1) is 5.92 Å². The van der Waals surface area contributed by atoms with Crippen LogP contribution in [0.15, 0.2) is 0 Å². The number of hydrogen-bond donors (Lipinski definition) is 1. The van der Waals surface area contributed by atoms with Gasteiger partial charge >= 0.3 is 12.1 Å². The lowest BCUT2D eigenvalue weighted by Crippen LogP contribution is -2.46. The highest BCUT2D eigenvalue weighted by Gasteiger charge is 2.43. The van der Waals surface area contributed by atoms with Crippen molar-refractivity contribution in [3.63, 3.8) is 0 Å². The molecule has 3 unspecified atom stereocenters. The van der Waals surface area contributed by atoms with E-state index in [9.17, 15) is 18.0 Å². The normalized spacial score (nSPS) is 32.0. The lowest BCUT2D eigenvalue weighted by Gasteiger charge is -2.42. The highest BCUT2D eigenvalue weighted by atomic mass is 19.4. The molecule has 0 aromatic rings. The van der Waals surface area contributed by atoms with Crippen molar-refractivity contribution in [1.82, 2.24) is 4.90 Å². The summed E-state index contributed by atoms with van der Waals surface area (Å²) < 4.78 is 38.7. The molecule has 3 atom stereocenters. The molecule has 1 heterocycles. The van der Waals surface area contributed by atoms with Crippen LogP contribution in [0.2, 0.25) is 0 Å². The Balaban J connectivity index is 1.87. The van der Waals surface area contributed by atoms with Gasteiger partial charge in [0, 0.05) is 19.0 Å². The average Bonchev–Trinajstić information content (AvgIpc) is 2.45. The lowest BCUT2D eigenvalue weighted by atomic mass is 9.82. The van der Waals surface area contributed by atoms with Gasteiger partial charge in [-0.25, -0.2) is 0 Å². The maximum absolute atomic E-state index is 12.9. The second kappa shape index (κ2) is 6.99. The standard InChI is InChI=1S/C15H24F3NO2/c16-15(17,18)12-4-1-5-13(9-12)19-8-2-3-11(10-19)6-7-14(20)21/h11-13H,1-10H2,(H,20,21). The molecule has 0 aromatic carbocycles. The Morgan fingerprint density at radius 2 is 1.95 bits per heavy atom. The van der Waals surface area contributed by atoms with E-state index >= 15 is 0 Å². The van der Waals surface area contributed by atoms with Gasteiger partial charge in [-0.2, -0.15) is 13.2 Å². The van der Waals surface area contributed by atoms with Crippen molar-refractivity contribution < 1.29 is 23.1 Å². The Labute approximate surface area is 123 Å². The molecular weight excluding hydrogens is 283 g/mol. The first-order valence-electron chi connectivity index (χ1n) is 7.89. The number of hydrogen-bond acceptors (Lipinski definition) is 2. The maximum atomic E-state index is 12.9. The van der Waals surface area contributed by atoms with E-state index in [2.05, 4.69) is 4.90 Å². The van der Waals surface area contributed by atoms with Gasteiger partial charge in [-0.15, -0.1) is 0 Å². The molecule has 1 saturated carbocycles. The Morgan fingerprint density at radius 1 is 1.19 bits per heavy atom. The van der Waals surface area contributed by atoms with E-state index in [0.717, 1.165) is 32.4 Å². The van der Waals surface area contributed by atoms with Crippen LogP contribution in [0, 0.1) is 11.8 Å². The molecule has 1 N–H and O–H groups in total. The van der Waals surface area contributed by atoms with Crippen LogP contribution in [0.3, 0.4) is 0 Å². The third-order valence-electron chi connectivity index (χ3n) is 4.94. The molecule has 0 bridgehead atoms. The van der Waals surface area contributed by atoms with Gasteiger partial charge in [0.25, 0.3) is 0 Å². The van der Waals surface area contributed by atoms with Gasteiger partial charge in [-0.05, 0) is 51.0 Å². The smallest absolute Gasteiger partial charge is 0.391 e. The van der Waals surface area contributed by atoms with Crippen molar-refractivity contribution in [3.05, 3.63) is 0 Å². The number of rotatable bonds is 4. The summed E-state index contributed by atoms with van der Waals surface area (Å²) in [7, 11) is 0. The van der Waals surface area contributed by atoms with Crippen LogP contribution in [0.1, 0.15) is 51.4 Å². The Kier molecular flexibility index (Phi) is 5.52. The van der Waals surface area contributed by atoms with Gasteiger partial charge in [0.15, 0.2) is 0 Å². The summed E-state index contributed by atoms with van der Waals surface area (Å²) in [5.41, 5.74) is 0. The molecule has 1 aliphatic heterocycles. The molecule has 1 aliphatic carbocycles. The zero-order valence-electron chi connectivity index (χ0n) is 12.2. The summed E-state index contributed by atoms with van der Waals surface area (Å²) in [6, 6.07) is 0.0259. The van der Waals surface area contributed by atoms with Gasteiger partial charge in [-0.1, -0.05) is 6.42 Å². The number of aliphatic carboxylic acids is 1. The van der Waals surface area contributed by atoms with Crippen LogP contribution in [0.4, 0.5) is 13.2 Å². The molecule has 6 heteroatoms. The molecule has 2 rings (SSSR count). The number of halogens is 3. The number of carboxylic acids is 1. The first-order valence-corrected chi connectivity index (χ1v) is 7.89. The highest BCUT2D eigenvalue weighted by Crippen LogP contribution is 2.39. The minimum atomic E-state index is -4.07. The van der Waals surface area contributed by atoms with Crippen LogP contribution < -0.4 is 0 Å². The predicted molar refractivity (Wildman–Crippen MR) is 73.0 cm³/mol. The van der Waals surface area contributed by atoms with Gasteiger partial charge in [0.1, 0.15) is 0 Å². The van der Waals surface area contributed by atoms with E-state index in [1.165, 1.54) is 0 Å². The molecule has 1 saturated heterocycles. The molecule has 2 fully saturated rings. The predicted octanol–water partition coefficient (Wildman–Crippen LogP) is 3.68. The van der Waals surface area contributed by atoms with Gasteiger partial charge < -0.3 is 10.0 Å². The van der Waals surface area contributed by atoms with E-state index in [1.54, 1.807) is 0 Å². The molecule has 3 nitrogen and oxygen atoms in total. The molecule has 2 aliphatic rings. The van der Waals surface area contributed by atoms with Gasteiger partial charge in [-0.3, -0.25) is 4.79 Å². The third kappa shape index (κ3) is 4.87. The Morgan fingerprint density at radius 3 is 2.62 bits per heavy atom. The van der Waals surface area contributed by atoms with Gasteiger partial charge in [0.2, 0.25) is 0 Å². The van der Waals surface area contributed by atoms with E-state index in [4.69, 9.17) is 5.11 Å². The molecular formula is C15H24F3NO2. The summed E-state index contributed by atoms with van der Waals surface area (Å²) in [5.74, 6) is -1.63. The topological polar surface area (TPSA) is 40.5 Å². The molecule has 21 heavy (non-hydrogen) atoms. The highest BCUT2D eigenvalue weighted by molar-refractivity contribution is 5.66. The van der Waals surface area contributed by atoms with Crippen molar-refractivity contribution in [2.24, 2.45) is 11.8 Å². The van der Waals surface area contributed by atoms with Crippen LogP contribution in [0.5, 0.6) is 0 Å². The van der Waals surface area contributed by atoms with E-state index < -0.39 is 18.1 Å². The fraction of sp³-hybridized carbons (Fsp3) is 0.933. The number of piperidine rings is 1. The minimum Gasteiger partial charge on any atom is -0.481 e. The summed E-state index contributed by atoms with van der Waals surface area (Å²) in [6.45, 7) is 1.63. The fourth-order valence-electron chi connectivity index (χ4n) is 3.79. The number of nitrogens with zero attached hydrogens (tertiary/aromatic N) is 1. The maximum Gasteiger partial charge on any atom is 0.391 e. The lowest BCUT2D eigenvalue weighted by molar-refractivity contribution is -0.187. The van der Waals surface area contributed by atoms with Crippen LogP contribution >= 0.6 is 0 Å². The molecule has 0 amide bonds. The van der Waals surface area contributed by atoms with E-state index in [1.807, 2.05) is 0 Å². The molecule has 122 valence electrons. The first-order chi connectivity index (χ1) is 9.86. The molecule has 0 spiro atoms. The minimum absolute atomic E-state index is 0.0259. The zero-order chi connectivity index (χ0) is 15.5. The Bertz CT molecular complexity index is 359. The SMILES string of the molecule is O=C(O)CCC1CCCN(C2CCCC(C(F)(F)F)C2)C1. The van der Waals surface area contributed by atoms with Crippen molar-refractivity contribution in [3.8, 4) is 0 Å². The summed E-state index contributed by atoms with van der Waals surface area (Å²) in [6.07, 6.45) is 0.665. The van der Waals surface area contributed by atoms with Crippen molar-refractivity contribution in [2.75, 3.05) is 13.1 Å². The van der Waals surface area contributed by atoms with Crippen molar-refractivity contribution in [2.45, 2.75) is 63.6 Å². The number of likely N-dealkylation sites (tertiary alicyclic amines) is 1. The zero-order valence-corrected chi connectivity index (χ0v) is 12.2. The van der Waals surface area contributed by atoms with Crippen LogP contribution in [-0.4, -0.2) is 41.3 Å². The molecule has 0 aromatic heterocycles. The van der Waals surface area contributed by atoms with Crippen LogP contribution in [-0.2, 0) is 4.79 Å². The summed E-state index contributed by atoms with van der Waals surface area (Å²) >= 11 is 0. The average molecular weight is 307 g/mol. The quantitative estimate of drug-likeness (QED) is 0.861. The number of carboxylic acid groups (broad SMARTS) is 1. The Hall–Kier alpha value is -0.780. The van der Waals surface area contributed by atoms with Crippen molar-refractivity contribution in [1.29, 1.82) is 0 Å². The fourth-order valence-corrected chi connectivity index (χ4v) is 3.79. The third-order valence-corrected chi connectivity index (χ3v) is 4.94. The van der Waals surface area contributed by atoms with E-state index in [-0.39, 0.29) is 25.3 Å². The largest absolute Gasteiger partial charge is 0.481 e. The number of alkyl halides is 3. The van der Waals surface area contributed by atoms with Crippen molar-refractivity contribution >= 4 is 5.97 Å². The second-order valence-electron chi connectivity index (χ2n) is 6.49. The van der Waals surface area contributed by atoms with E-state index in [0.29, 0.717) is 18.8 Å². The summed E-state index contributed by atoms with van der Waals surface area (Å²) in [5, 5.41) is 8.74. The second-order valence-corrected chi connectivity index (χ2v) is 6.49. The first kappa shape index (κ1) is 16.6. The van der Waals surface area contributed by atoms with Crippen LogP contribution in [0.25, 0.3) is 0 Å².